The topological polar surface area (TPSA) is 94.6 Å². The van der Waals surface area contributed by atoms with Crippen LogP contribution >= 0.6 is 0 Å². The third kappa shape index (κ3) is 4.78. The van der Waals surface area contributed by atoms with Gasteiger partial charge in [0.05, 0.1) is 22.7 Å². The van der Waals surface area contributed by atoms with Crippen LogP contribution in [0.4, 0.5) is 0 Å². The molecule has 0 atom stereocenters. The molecule has 0 amide bonds. The molecule has 0 aliphatic heterocycles. The molecule has 0 N–H and O–H groups in total. The molecule has 23 heavy (non-hydrogen) atoms. The highest BCUT2D eigenvalue weighted by Crippen LogP contribution is 2.22. The number of esters is 1. The van der Waals surface area contributed by atoms with Gasteiger partial charge in [-0.1, -0.05) is 25.1 Å². The van der Waals surface area contributed by atoms with Crippen LogP contribution in [0, 0.1) is 5.41 Å². The van der Waals surface area contributed by atoms with Crippen LogP contribution < -0.4 is 0 Å². The first-order valence-electron chi connectivity index (χ1n) is 7.24. The Labute approximate surface area is 137 Å². The number of carbonyl (C=O) groups excluding carboxylic acids is 1. The van der Waals surface area contributed by atoms with Crippen LogP contribution in [-0.4, -0.2) is 35.2 Å². The number of carbonyl (C=O) groups is 1. The molecule has 1 aromatic carbocycles. The second-order valence-corrected chi connectivity index (χ2v) is 11.5. The van der Waals surface area contributed by atoms with E-state index >= 15 is 0 Å². The Morgan fingerprint density at radius 3 is 2.17 bits per heavy atom. The highest BCUT2D eigenvalue weighted by molar-refractivity contribution is 8.67. The van der Waals surface area contributed by atoms with Crippen molar-refractivity contribution in [2.75, 3.05) is 12.4 Å². The van der Waals surface area contributed by atoms with Gasteiger partial charge in [0.25, 0.3) is 17.7 Å². The first-order valence-corrected chi connectivity index (χ1v) is 10.9. The van der Waals surface area contributed by atoms with E-state index in [1.165, 1.54) is 24.3 Å². The van der Waals surface area contributed by atoms with Crippen LogP contribution in [0.1, 0.15) is 33.6 Å². The molecular weight excluding hydrogens is 340 g/mol. The Kier molecular flexibility index (Phi) is 6.35. The van der Waals surface area contributed by atoms with Gasteiger partial charge in [-0.25, -0.2) is 16.8 Å². The van der Waals surface area contributed by atoms with Gasteiger partial charge in [-0.3, -0.25) is 4.79 Å². The summed E-state index contributed by atoms with van der Waals surface area (Å²) in [6, 6.07) is 6.97. The minimum absolute atomic E-state index is 0.0695. The normalized spacial score (nSPS) is 12.8. The lowest BCUT2D eigenvalue weighted by Crippen LogP contribution is -2.27. The standard InChI is InChI=1S/C15H22O6S2/c1-4-15(2,3)14(16)21-11-8-12-22(17,18)23(19,20)13-9-6-5-7-10-13/h5-7,9-10H,4,8,11-12H2,1-3H3. The SMILES string of the molecule is CCC(C)(C)C(=O)OCCCS(=O)(=O)S(=O)(=O)c1ccccc1. The van der Waals surface area contributed by atoms with Crippen LogP contribution in [-0.2, 0) is 27.3 Å². The molecule has 0 saturated heterocycles. The van der Waals surface area contributed by atoms with E-state index < -0.39 is 34.9 Å². The van der Waals surface area contributed by atoms with Crippen LogP contribution in [0.3, 0.4) is 0 Å². The maximum Gasteiger partial charge on any atom is 0.311 e. The van der Waals surface area contributed by atoms with Gasteiger partial charge in [-0.2, -0.15) is 0 Å². The summed E-state index contributed by atoms with van der Waals surface area (Å²) in [4.78, 5) is 11.5. The minimum atomic E-state index is -4.44. The average Bonchev–Trinajstić information content (AvgIpc) is 2.51. The van der Waals surface area contributed by atoms with E-state index in [1.54, 1.807) is 19.9 Å². The zero-order valence-electron chi connectivity index (χ0n) is 13.5. The van der Waals surface area contributed by atoms with E-state index in [1.807, 2.05) is 6.92 Å². The van der Waals surface area contributed by atoms with Gasteiger partial charge in [0.2, 0.25) is 0 Å². The van der Waals surface area contributed by atoms with E-state index in [0.717, 1.165) is 0 Å². The number of rotatable bonds is 8. The van der Waals surface area contributed by atoms with E-state index in [0.29, 0.717) is 6.42 Å². The van der Waals surface area contributed by atoms with Crippen molar-refractivity contribution in [3.63, 3.8) is 0 Å². The fraction of sp³-hybridized carbons (Fsp3) is 0.533. The molecule has 130 valence electrons. The second-order valence-electron chi connectivity index (χ2n) is 5.76. The summed E-state index contributed by atoms with van der Waals surface area (Å²) in [6.45, 7) is 5.17. The Morgan fingerprint density at radius 2 is 1.65 bits per heavy atom. The van der Waals surface area contributed by atoms with E-state index in [9.17, 15) is 21.6 Å². The highest BCUT2D eigenvalue weighted by atomic mass is 33.2. The van der Waals surface area contributed by atoms with Crippen LogP contribution in [0.5, 0.6) is 0 Å². The Hall–Kier alpha value is -1.41. The summed E-state index contributed by atoms with van der Waals surface area (Å²) < 4.78 is 53.2. The van der Waals surface area contributed by atoms with Gasteiger partial charge < -0.3 is 4.74 Å². The molecular formula is C15H22O6S2. The number of benzene rings is 1. The predicted octanol–water partition coefficient (Wildman–Crippen LogP) is 2.16. The molecule has 1 aromatic rings. The predicted molar refractivity (Wildman–Crippen MR) is 87.1 cm³/mol. The zero-order chi connectivity index (χ0) is 17.7. The monoisotopic (exact) mass is 362 g/mol. The van der Waals surface area contributed by atoms with E-state index in [-0.39, 0.29) is 17.9 Å². The fourth-order valence-electron chi connectivity index (χ4n) is 1.58. The van der Waals surface area contributed by atoms with Crippen molar-refractivity contribution in [3.05, 3.63) is 30.3 Å². The van der Waals surface area contributed by atoms with Gasteiger partial charge in [-0.05, 0) is 38.8 Å². The molecule has 6 nitrogen and oxygen atoms in total. The lowest BCUT2D eigenvalue weighted by atomic mass is 9.91. The quantitative estimate of drug-likeness (QED) is 0.399. The summed E-state index contributed by atoms with van der Waals surface area (Å²) in [6.07, 6.45) is 0.520. The van der Waals surface area contributed by atoms with Crippen molar-refractivity contribution in [2.45, 2.75) is 38.5 Å². The molecule has 0 unspecified atom stereocenters. The van der Waals surface area contributed by atoms with Crippen molar-refractivity contribution in [3.8, 4) is 0 Å². The summed E-state index contributed by atoms with van der Waals surface area (Å²) in [5, 5.41) is 0. The lowest BCUT2D eigenvalue weighted by Gasteiger charge is -2.20. The van der Waals surface area contributed by atoms with Crippen molar-refractivity contribution in [2.24, 2.45) is 5.41 Å². The molecule has 0 radical (unpaired) electrons. The summed E-state index contributed by atoms with van der Waals surface area (Å²) >= 11 is 0. The Bertz CT molecular complexity index is 733. The van der Waals surface area contributed by atoms with Gasteiger partial charge in [0.1, 0.15) is 0 Å². The largest absolute Gasteiger partial charge is 0.465 e. The summed E-state index contributed by atoms with van der Waals surface area (Å²) in [5.41, 5.74) is -0.644. The van der Waals surface area contributed by atoms with Crippen molar-refractivity contribution < 1.29 is 26.4 Å². The van der Waals surface area contributed by atoms with Gasteiger partial charge in [0.15, 0.2) is 0 Å². The molecule has 0 aliphatic rings. The average molecular weight is 362 g/mol. The molecule has 8 heteroatoms. The van der Waals surface area contributed by atoms with Crippen LogP contribution in [0.2, 0.25) is 0 Å². The molecule has 0 saturated carbocycles. The molecule has 0 aromatic heterocycles. The van der Waals surface area contributed by atoms with Gasteiger partial charge in [-0.15, -0.1) is 0 Å². The van der Waals surface area contributed by atoms with E-state index in [4.69, 9.17) is 4.74 Å². The smallest absolute Gasteiger partial charge is 0.311 e. The number of hydrogen-bond acceptors (Lipinski definition) is 6. The maximum atomic E-state index is 12.1. The summed E-state index contributed by atoms with van der Waals surface area (Å²) in [5.74, 6) is -1.02. The molecule has 0 fully saturated rings. The first kappa shape index (κ1) is 19.6. The van der Waals surface area contributed by atoms with Gasteiger partial charge in [0, 0.05) is 0 Å². The first-order chi connectivity index (χ1) is 10.5. The summed E-state index contributed by atoms with van der Waals surface area (Å²) in [7, 11) is -8.81. The van der Waals surface area contributed by atoms with Crippen LogP contribution in [0.25, 0.3) is 0 Å². The Balaban J connectivity index is 2.66. The maximum absolute atomic E-state index is 12.1. The third-order valence-electron chi connectivity index (χ3n) is 3.57. The van der Waals surface area contributed by atoms with Crippen molar-refractivity contribution >= 4 is 23.7 Å². The molecule has 0 spiro atoms. The lowest BCUT2D eigenvalue weighted by molar-refractivity contribution is -0.154. The molecule has 0 aliphatic carbocycles. The van der Waals surface area contributed by atoms with Crippen molar-refractivity contribution in [1.82, 2.24) is 0 Å². The van der Waals surface area contributed by atoms with E-state index in [2.05, 4.69) is 0 Å². The Morgan fingerprint density at radius 1 is 1.09 bits per heavy atom. The fourth-order valence-corrected chi connectivity index (χ4v) is 5.28. The molecule has 1 rings (SSSR count). The zero-order valence-corrected chi connectivity index (χ0v) is 15.1. The second kappa shape index (κ2) is 7.44. The molecule has 0 bridgehead atoms. The van der Waals surface area contributed by atoms with Crippen LogP contribution in [0.15, 0.2) is 35.2 Å². The van der Waals surface area contributed by atoms with Crippen molar-refractivity contribution in [1.29, 1.82) is 0 Å². The third-order valence-corrected chi connectivity index (χ3v) is 8.96. The highest BCUT2D eigenvalue weighted by Gasteiger charge is 2.31. The number of hydrogen-bond donors (Lipinski definition) is 0. The number of ether oxygens (including phenoxy) is 1. The van der Waals surface area contributed by atoms with Gasteiger partial charge >= 0.3 is 5.97 Å². The minimum Gasteiger partial charge on any atom is -0.465 e. The molecule has 0 heterocycles.